The molecule has 0 fully saturated rings. The molecule has 4 rings (SSSR count). The van der Waals surface area contributed by atoms with Crippen molar-refractivity contribution in [3.8, 4) is 10.6 Å². The monoisotopic (exact) mass is 338 g/mol. The van der Waals surface area contributed by atoms with Crippen LogP contribution >= 0.6 is 11.3 Å². The van der Waals surface area contributed by atoms with Gasteiger partial charge in [-0.15, -0.1) is 11.3 Å². The van der Waals surface area contributed by atoms with Gasteiger partial charge in [-0.25, -0.2) is 4.98 Å². The van der Waals surface area contributed by atoms with Crippen LogP contribution in [0.15, 0.2) is 52.6 Å². The highest BCUT2D eigenvalue weighted by molar-refractivity contribution is 7.13. The van der Waals surface area contributed by atoms with E-state index in [9.17, 15) is 4.79 Å². The molecule has 0 unspecified atom stereocenters. The van der Waals surface area contributed by atoms with Crippen molar-refractivity contribution in [3.63, 3.8) is 0 Å². The van der Waals surface area contributed by atoms with Gasteiger partial charge in [0, 0.05) is 11.9 Å². The molecule has 0 atom stereocenters. The number of carbonyl (C=O) groups excluding carboxylic acids is 1. The summed E-state index contributed by atoms with van der Waals surface area (Å²) in [4.78, 5) is 17.8. The van der Waals surface area contributed by atoms with Crippen LogP contribution in [0, 0.1) is 6.92 Å². The highest BCUT2D eigenvalue weighted by Crippen LogP contribution is 2.27. The Hall–Kier alpha value is -2.93. The van der Waals surface area contributed by atoms with Crippen LogP contribution < -0.4 is 5.32 Å². The molecular weight excluding hydrogens is 324 g/mol. The smallest absolute Gasteiger partial charge is 0.257 e. The lowest BCUT2D eigenvalue weighted by molar-refractivity contribution is 0.0950. The van der Waals surface area contributed by atoms with Gasteiger partial charge in [0.05, 0.1) is 23.3 Å². The number of nitrogens with zero attached hydrogens (tertiary/aromatic N) is 3. The number of fused-ring (bicyclic) bond motifs is 1. The Bertz CT molecular complexity index is 1000. The van der Waals surface area contributed by atoms with Gasteiger partial charge in [0.25, 0.3) is 5.91 Å². The molecule has 7 heteroatoms. The van der Waals surface area contributed by atoms with E-state index in [1.165, 1.54) is 17.5 Å². The number of pyridine rings is 1. The quantitative estimate of drug-likeness (QED) is 0.620. The second kappa shape index (κ2) is 5.93. The lowest BCUT2D eigenvalue weighted by atomic mass is 10.2. The molecule has 0 aromatic carbocycles. The Balaban J connectivity index is 1.53. The third-order valence-electron chi connectivity index (χ3n) is 3.74. The first-order valence-corrected chi connectivity index (χ1v) is 8.30. The Kier molecular flexibility index (Phi) is 3.62. The number of aromatic nitrogens is 3. The Morgan fingerprint density at radius 1 is 1.33 bits per heavy atom. The van der Waals surface area contributed by atoms with Crippen LogP contribution in [0.5, 0.6) is 0 Å². The van der Waals surface area contributed by atoms with Crippen molar-refractivity contribution >= 4 is 22.9 Å². The molecule has 0 saturated carbocycles. The van der Waals surface area contributed by atoms with E-state index in [4.69, 9.17) is 4.52 Å². The van der Waals surface area contributed by atoms with Gasteiger partial charge in [0.1, 0.15) is 11.2 Å². The zero-order chi connectivity index (χ0) is 16.5. The van der Waals surface area contributed by atoms with Crippen molar-refractivity contribution in [2.24, 2.45) is 0 Å². The molecule has 0 aliphatic rings. The molecule has 4 aromatic heterocycles. The lowest BCUT2D eigenvalue weighted by Crippen LogP contribution is -2.23. The summed E-state index contributed by atoms with van der Waals surface area (Å²) in [6.07, 6.45) is 3.37. The fraction of sp³-hybridized carbons (Fsp3) is 0.118. The van der Waals surface area contributed by atoms with Crippen molar-refractivity contribution in [2.45, 2.75) is 13.5 Å². The van der Waals surface area contributed by atoms with E-state index in [0.717, 1.165) is 21.9 Å². The van der Waals surface area contributed by atoms with Gasteiger partial charge >= 0.3 is 0 Å². The normalized spacial score (nSPS) is 11.0. The van der Waals surface area contributed by atoms with Gasteiger partial charge in [0.15, 0.2) is 5.76 Å². The number of hydrogen-bond donors (Lipinski definition) is 1. The maximum Gasteiger partial charge on any atom is 0.257 e. The molecule has 0 radical (unpaired) electrons. The first-order valence-electron chi connectivity index (χ1n) is 7.43. The van der Waals surface area contributed by atoms with Crippen LogP contribution in [0.3, 0.4) is 0 Å². The molecule has 1 N–H and O–H groups in total. The summed E-state index contributed by atoms with van der Waals surface area (Å²) in [5.41, 5.74) is 3.18. The zero-order valence-electron chi connectivity index (χ0n) is 12.9. The maximum atomic E-state index is 12.4. The number of nitrogens with one attached hydrogen (secondary N) is 1. The standard InChI is InChI=1S/C17H14N4O2S/c1-11-4-2-6-15-20-12(10-21(11)15)8-18-17(22)13-9-19-23-16(13)14-5-3-7-24-14/h2-7,9-10H,8H2,1H3,(H,18,22). The van der Waals surface area contributed by atoms with E-state index in [1.54, 1.807) is 0 Å². The van der Waals surface area contributed by atoms with Crippen LogP contribution in [-0.4, -0.2) is 20.4 Å². The van der Waals surface area contributed by atoms with Crippen LogP contribution in [0.1, 0.15) is 21.7 Å². The SMILES string of the molecule is Cc1cccc2nc(CNC(=O)c3cnoc3-c3cccs3)cn12. The van der Waals surface area contributed by atoms with E-state index >= 15 is 0 Å². The number of aryl methyl sites for hydroxylation is 1. The zero-order valence-corrected chi connectivity index (χ0v) is 13.7. The first-order chi connectivity index (χ1) is 11.7. The predicted octanol–water partition coefficient (Wildman–Crippen LogP) is 3.29. The minimum Gasteiger partial charge on any atom is -0.355 e. The number of hydrogen-bond acceptors (Lipinski definition) is 5. The average Bonchev–Trinajstić information content (AvgIpc) is 3.30. The van der Waals surface area contributed by atoms with Crippen LogP contribution in [0.2, 0.25) is 0 Å². The molecule has 120 valence electrons. The Labute approximate surface area is 141 Å². The summed E-state index contributed by atoms with van der Waals surface area (Å²) >= 11 is 1.50. The van der Waals surface area contributed by atoms with E-state index in [2.05, 4.69) is 15.5 Å². The average molecular weight is 338 g/mol. The second-order valence-electron chi connectivity index (χ2n) is 5.36. The van der Waals surface area contributed by atoms with Crippen LogP contribution in [-0.2, 0) is 6.54 Å². The van der Waals surface area contributed by atoms with E-state index in [-0.39, 0.29) is 5.91 Å². The summed E-state index contributed by atoms with van der Waals surface area (Å²) in [6, 6.07) is 9.72. The number of amides is 1. The van der Waals surface area contributed by atoms with Gasteiger partial charge < -0.3 is 14.2 Å². The van der Waals surface area contributed by atoms with Gasteiger partial charge in [-0.1, -0.05) is 17.3 Å². The fourth-order valence-electron chi connectivity index (χ4n) is 2.54. The van der Waals surface area contributed by atoms with Crippen molar-refractivity contribution < 1.29 is 9.32 Å². The molecule has 0 bridgehead atoms. The summed E-state index contributed by atoms with van der Waals surface area (Å²) in [5.74, 6) is 0.266. The van der Waals surface area contributed by atoms with Crippen molar-refractivity contribution in [3.05, 3.63) is 65.1 Å². The molecule has 0 aliphatic heterocycles. The van der Waals surface area contributed by atoms with Crippen molar-refractivity contribution in [1.82, 2.24) is 19.9 Å². The fourth-order valence-corrected chi connectivity index (χ4v) is 3.25. The molecule has 4 aromatic rings. The van der Waals surface area contributed by atoms with E-state index in [0.29, 0.717) is 17.9 Å². The maximum absolute atomic E-state index is 12.4. The molecular formula is C17H14N4O2S. The molecule has 24 heavy (non-hydrogen) atoms. The Morgan fingerprint density at radius 3 is 3.04 bits per heavy atom. The van der Waals surface area contributed by atoms with Crippen molar-refractivity contribution in [1.29, 1.82) is 0 Å². The molecule has 0 aliphatic carbocycles. The largest absolute Gasteiger partial charge is 0.355 e. The molecule has 0 spiro atoms. The number of rotatable bonds is 4. The topological polar surface area (TPSA) is 72.4 Å². The summed E-state index contributed by atoms with van der Waals surface area (Å²) in [6.45, 7) is 2.36. The predicted molar refractivity (Wildman–Crippen MR) is 90.9 cm³/mol. The molecule has 0 saturated heterocycles. The molecule has 4 heterocycles. The van der Waals surface area contributed by atoms with Crippen LogP contribution in [0.4, 0.5) is 0 Å². The minimum atomic E-state index is -0.228. The van der Waals surface area contributed by atoms with Gasteiger partial charge in [-0.2, -0.15) is 0 Å². The minimum absolute atomic E-state index is 0.228. The van der Waals surface area contributed by atoms with Gasteiger partial charge in [0.2, 0.25) is 0 Å². The molecule has 1 amide bonds. The summed E-state index contributed by atoms with van der Waals surface area (Å²) in [7, 11) is 0. The van der Waals surface area contributed by atoms with Crippen LogP contribution in [0.25, 0.3) is 16.3 Å². The number of imidazole rings is 1. The summed E-state index contributed by atoms with van der Waals surface area (Å²) in [5, 5.41) is 8.55. The van der Waals surface area contributed by atoms with Gasteiger partial charge in [-0.05, 0) is 30.5 Å². The van der Waals surface area contributed by atoms with Crippen molar-refractivity contribution in [2.75, 3.05) is 0 Å². The Morgan fingerprint density at radius 2 is 2.25 bits per heavy atom. The van der Waals surface area contributed by atoms with E-state index < -0.39 is 0 Å². The molecule has 6 nitrogen and oxygen atoms in total. The third kappa shape index (κ3) is 2.59. The summed E-state index contributed by atoms with van der Waals surface area (Å²) < 4.78 is 7.22. The third-order valence-corrected chi connectivity index (χ3v) is 4.60. The van der Waals surface area contributed by atoms with Gasteiger partial charge in [-0.3, -0.25) is 4.79 Å². The first kappa shape index (κ1) is 14.6. The highest BCUT2D eigenvalue weighted by Gasteiger charge is 2.18. The lowest BCUT2D eigenvalue weighted by Gasteiger charge is -2.01. The van der Waals surface area contributed by atoms with E-state index in [1.807, 2.05) is 53.2 Å². The highest BCUT2D eigenvalue weighted by atomic mass is 32.1. The second-order valence-corrected chi connectivity index (χ2v) is 6.30. The number of thiophene rings is 1. The number of carbonyl (C=O) groups is 1.